The molecule has 0 aliphatic carbocycles. The third-order valence-corrected chi connectivity index (χ3v) is 8.57. The van der Waals surface area contributed by atoms with Crippen LogP contribution in [0.2, 0.25) is 0 Å². The number of hydrogen-bond donors (Lipinski definition) is 3. The van der Waals surface area contributed by atoms with E-state index in [1.54, 1.807) is 6.20 Å². The summed E-state index contributed by atoms with van der Waals surface area (Å²) in [5.74, 6) is 3.04. The van der Waals surface area contributed by atoms with Gasteiger partial charge in [-0.2, -0.15) is 0 Å². The van der Waals surface area contributed by atoms with Gasteiger partial charge in [-0.05, 0) is 95.2 Å². The number of amides is 1. The van der Waals surface area contributed by atoms with Crippen molar-refractivity contribution in [2.75, 3.05) is 50.0 Å². The van der Waals surface area contributed by atoms with E-state index in [1.165, 1.54) is 57.3 Å². The molecule has 6 heterocycles. The monoisotopic (exact) mass is 487 g/mol. The van der Waals surface area contributed by atoms with Crippen molar-refractivity contribution in [2.45, 2.75) is 44.6 Å². The highest BCUT2D eigenvalue weighted by atomic mass is 16.1. The van der Waals surface area contributed by atoms with Gasteiger partial charge in [-0.25, -0.2) is 9.97 Å². The molecule has 190 valence electrons. The van der Waals surface area contributed by atoms with Crippen LogP contribution in [0.3, 0.4) is 0 Å². The molecule has 0 bridgehead atoms. The first-order chi connectivity index (χ1) is 17.6. The van der Waals surface area contributed by atoms with E-state index in [9.17, 15) is 4.79 Å². The normalized spacial score (nSPS) is 22.4. The number of aromatic amines is 1. The molecule has 0 saturated carbocycles. The van der Waals surface area contributed by atoms with Crippen LogP contribution in [0, 0.1) is 11.8 Å². The molecular weight excluding hydrogens is 450 g/mol. The highest BCUT2D eigenvalue weighted by Gasteiger charge is 2.28. The van der Waals surface area contributed by atoms with Crippen LogP contribution in [-0.4, -0.2) is 65.5 Å². The van der Waals surface area contributed by atoms with Crippen LogP contribution in [0.25, 0.3) is 10.9 Å². The molecule has 3 aliphatic heterocycles. The highest BCUT2D eigenvalue weighted by Crippen LogP contribution is 2.33. The average molecular weight is 488 g/mol. The topological polar surface area (TPSA) is 89.2 Å². The molecule has 6 rings (SSSR count). The number of aromatic nitrogens is 3. The third kappa shape index (κ3) is 4.84. The number of carbonyl (C=O) groups is 1. The number of rotatable bonds is 5. The summed E-state index contributed by atoms with van der Waals surface area (Å²) in [6, 6.07) is 8.37. The molecule has 0 aromatic carbocycles. The van der Waals surface area contributed by atoms with Crippen LogP contribution in [0.1, 0.15) is 60.6 Å². The van der Waals surface area contributed by atoms with E-state index in [0.29, 0.717) is 17.4 Å². The minimum Gasteiger partial charge on any atom is -0.357 e. The van der Waals surface area contributed by atoms with Crippen molar-refractivity contribution < 1.29 is 4.79 Å². The second-order valence-electron chi connectivity index (χ2n) is 10.8. The Morgan fingerprint density at radius 2 is 1.78 bits per heavy atom. The minimum absolute atomic E-state index is 0.187. The van der Waals surface area contributed by atoms with Gasteiger partial charge in [-0.15, -0.1) is 0 Å². The molecule has 3 fully saturated rings. The van der Waals surface area contributed by atoms with Gasteiger partial charge in [0.1, 0.15) is 11.6 Å². The van der Waals surface area contributed by atoms with E-state index < -0.39 is 0 Å². The molecule has 0 radical (unpaired) electrons. The smallest absolute Gasteiger partial charge is 0.258 e. The standard InChI is InChI=1S/C28H37N7O/c1-34-12-2-3-25(34)24-15-22-18-30-26(16-23(22)32-24)33-28(36)21-4-5-27(31-17-21)35-13-8-20(9-14-35)19-6-10-29-11-7-19/h4-5,15-20,25,29,32H,2-3,6-14H2,1H3,(H,30,33,36)/t25-/m1/s1. The Morgan fingerprint density at radius 1 is 0.972 bits per heavy atom. The van der Waals surface area contributed by atoms with E-state index in [4.69, 9.17) is 0 Å². The van der Waals surface area contributed by atoms with Gasteiger partial charge in [0, 0.05) is 48.7 Å². The largest absolute Gasteiger partial charge is 0.357 e. The van der Waals surface area contributed by atoms with Gasteiger partial charge in [0.25, 0.3) is 5.91 Å². The third-order valence-electron chi connectivity index (χ3n) is 8.57. The van der Waals surface area contributed by atoms with Gasteiger partial charge in [0.15, 0.2) is 0 Å². The summed E-state index contributed by atoms with van der Waals surface area (Å²) in [6.45, 7) is 5.56. The maximum absolute atomic E-state index is 12.9. The summed E-state index contributed by atoms with van der Waals surface area (Å²) < 4.78 is 0. The zero-order valence-corrected chi connectivity index (χ0v) is 21.2. The summed E-state index contributed by atoms with van der Waals surface area (Å²) >= 11 is 0. The maximum atomic E-state index is 12.9. The first kappa shape index (κ1) is 23.4. The van der Waals surface area contributed by atoms with Gasteiger partial charge in [-0.3, -0.25) is 9.69 Å². The molecular formula is C28H37N7O. The molecule has 3 aromatic rings. The molecule has 8 heteroatoms. The van der Waals surface area contributed by atoms with Crippen LogP contribution in [0.15, 0.2) is 36.7 Å². The number of nitrogens with one attached hydrogen (secondary N) is 3. The van der Waals surface area contributed by atoms with E-state index >= 15 is 0 Å². The molecule has 3 aliphatic rings. The highest BCUT2D eigenvalue weighted by molar-refractivity contribution is 6.04. The summed E-state index contributed by atoms with van der Waals surface area (Å²) in [6.07, 6.45) is 11.0. The summed E-state index contributed by atoms with van der Waals surface area (Å²) in [5, 5.41) is 7.49. The summed E-state index contributed by atoms with van der Waals surface area (Å²) in [7, 11) is 2.17. The second kappa shape index (κ2) is 10.2. The number of nitrogens with zero attached hydrogens (tertiary/aromatic N) is 4. The molecule has 1 atom stereocenters. The number of fused-ring (bicyclic) bond motifs is 1. The lowest BCUT2D eigenvalue weighted by Crippen LogP contribution is -2.39. The number of pyridine rings is 2. The Balaban J connectivity index is 1.07. The zero-order valence-electron chi connectivity index (χ0n) is 21.2. The first-order valence-electron chi connectivity index (χ1n) is 13.6. The van der Waals surface area contributed by atoms with E-state index in [-0.39, 0.29) is 5.91 Å². The van der Waals surface area contributed by atoms with Crippen molar-refractivity contribution in [3.8, 4) is 0 Å². The number of likely N-dealkylation sites (tertiary alicyclic amines) is 1. The molecule has 3 N–H and O–H groups in total. The van der Waals surface area contributed by atoms with Crippen LogP contribution in [-0.2, 0) is 0 Å². The molecule has 8 nitrogen and oxygen atoms in total. The first-order valence-corrected chi connectivity index (χ1v) is 13.6. The Labute approximate surface area is 212 Å². The van der Waals surface area contributed by atoms with Crippen LogP contribution >= 0.6 is 0 Å². The van der Waals surface area contributed by atoms with Gasteiger partial charge in [0.05, 0.1) is 11.1 Å². The van der Waals surface area contributed by atoms with Gasteiger partial charge < -0.3 is 20.5 Å². The SMILES string of the molecule is CN1CCC[C@@H]1c1cc2cnc(NC(=O)c3ccc(N4CCC(C5CCNCC5)CC4)nc3)cc2[nH]1. The van der Waals surface area contributed by atoms with Crippen molar-refractivity contribution in [3.05, 3.63) is 47.9 Å². The average Bonchev–Trinajstić information content (AvgIpc) is 3.54. The number of hydrogen-bond acceptors (Lipinski definition) is 6. The second-order valence-corrected chi connectivity index (χ2v) is 10.8. The predicted molar refractivity (Wildman–Crippen MR) is 143 cm³/mol. The fourth-order valence-corrected chi connectivity index (χ4v) is 6.41. The molecule has 0 spiro atoms. The Morgan fingerprint density at radius 3 is 2.50 bits per heavy atom. The van der Waals surface area contributed by atoms with Crippen molar-refractivity contribution in [1.29, 1.82) is 0 Å². The quantitative estimate of drug-likeness (QED) is 0.500. The number of carbonyl (C=O) groups excluding carboxylic acids is 1. The van der Waals surface area contributed by atoms with Crippen LogP contribution in [0.5, 0.6) is 0 Å². The van der Waals surface area contributed by atoms with Crippen molar-refractivity contribution in [3.63, 3.8) is 0 Å². The Bertz CT molecular complexity index is 1190. The van der Waals surface area contributed by atoms with E-state index in [0.717, 1.165) is 48.2 Å². The number of anilines is 2. The molecule has 3 aromatic heterocycles. The van der Waals surface area contributed by atoms with Gasteiger partial charge >= 0.3 is 0 Å². The summed E-state index contributed by atoms with van der Waals surface area (Å²) in [4.78, 5) is 30.3. The van der Waals surface area contributed by atoms with Crippen molar-refractivity contribution >= 4 is 28.4 Å². The maximum Gasteiger partial charge on any atom is 0.258 e. The lowest BCUT2D eigenvalue weighted by Gasteiger charge is -2.38. The molecule has 36 heavy (non-hydrogen) atoms. The Hall–Kier alpha value is -2.97. The predicted octanol–water partition coefficient (Wildman–Crippen LogP) is 4.19. The molecule has 1 amide bonds. The zero-order chi connectivity index (χ0) is 24.5. The van der Waals surface area contributed by atoms with Crippen LogP contribution in [0.4, 0.5) is 11.6 Å². The number of H-pyrrole nitrogens is 1. The van der Waals surface area contributed by atoms with Gasteiger partial charge in [0.2, 0.25) is 0 Å². The van der Waals surface area contributed by atoms with E-state index in [2.05, 4.69) is 48.5 Å². The van der Waals surface area contributed by atoms with Gasteiger partial charge in [-0.1, -0.05) is 0 Å². The fraction of sp³-hybridized carbons (Fsp3) is 0.536. The Kier molecular flexibility index (Phi) is 6.63. The van der Waals surface area contributed by atoms with Crippen molar-refractivity contribution in [1.82, 2.24) is 25.2 Å². The fourth-order valence-electron chi connectivity index (χ4n) is 6.41. The summed E-state index contributed by atoms with van der Waals surface area (Å²) in [5.41, 5.74) is 2.76. The van der Waals surface area contributed by atoms with Crippen LogP contribution < -0.4 is 15.5 Å². The number of piperidine rings is 2. The van der Waals surface area contributed by atoms with E-state index in [1.807, 2.05) is 24.4 Å². The minimum atomic E-state index is -0.187. The molecule has 0 unspecified atom stereocenters. The molecule has 3 saturated heterocycles. The lowest BCUT2D eigenvalue weighted by atomic mass is 9.79. The van der Waals surface area contributed by atoms with Crippen molar-refractivity contribution in [2.24, 2.45) is 11.8 Å². The lowest BCUT2D eigenvalue weighted by molar-refractivity contribution is 0.102.